The lowest BCUT2D eigenvalue weighted by atomic mass is 10.1. The number of ether oxygens (including phenoxy) is 2. The summed E-state index contributed by atoms with van der Waals surface area (Å²) in [4.78, 5) is 16.7. The number of pyridine rings is 1. The van der Waals surface area contributed by atoms with Crippen LogP contribution >= 0.6 is 11.6 Å². The third kappa shape index (κ3) is 3.67. The van der Waals surface area contributed by atoms with Gasteiger partial charge in [-0.3, -0.25) is 4.98 Å². The van der Waals surface area contributed by atoms with Crippen molar-refractivity contribution in [3.8, 4) is 5.75 Å². The van der Waals surface area contributed by atoms with Gasteiger partial charge in [0.05, 0.1) is 24.9 Å². The van der Waals surface area contributed by atoms with Gasteiger partial charge >= 0.3 is 5.97 Å². The molecule has 2 aromatic carbocycles. The zero-order valence-electron chi connectivity index (χ0n) is 13.9. The Balaban J connectivity index is 2.16. The van der Waals surface area contributed by atoms with E-state index < -0.39 is 5.97 Å². The molecule has 0 spiro atoms. The van der Waals surface area contributed by atoms with Gasteiger partial charge in [0.25, 0.3) is 0 Å². The molecule has 0 aliphatic rings. The summed E-state index contributed by atoms with van der Waals surface area (Å²) < 4.78 is 10.5. The Morgan fingerprint density at radius 1 is 1.20 bits per heavy atom. The summed E-state index contributed by atoms with van der Waals surface area (Å²) in [5.41, 5.74) is 2.51. The first-order chi connectivity index (χ1) is 12.1. The van der Waals surface area contributed by atoms with Crippen LogP contribution in [0.3, 0.4) is 0 Å². The molecule has 128 valence electrons. The Hall–Kier alpha value is -2.79. The largest absolute Gasteiger partial charge is 0.497 e. The summed E-state index contributed by atoms with van der Waals surface area (Å²) in [6.45, 7) is 2.05. The SMILES string of the molecule is CCOC(=O)c1cnc2ccc(OC)cc2c1Nc1ccc(Cl)cc1. The molecule has 0 saturated carbocycles. The standard InChI is InChI=1S/C19H17ClN2O3/c1-3-25-19(23)16-11-21-17-9-8-14(24-2)10-15(17)18(16)22-13-6-4-12(20)5-7-13/h4-11H,3H2,1-2H3,(H,21,22). The molecular weight excluding hydrogens is 340 g/mol. The van der Waals surface area contributed by atoms with Gasteiger partial charge in [-0.2, -0.15) is 0 Å². The smallest absolute Gasteiger partial charge is 0.341 e. The van der Waals surface area contributed by atoms with E-state index in [1.807, 2.05) is 30.3 Å². The molecule has 0 atom stereocenters. The summed E-state index contributed by atoms with van der Waals surface area (Å²) in [5.74, 6) is 0.241. The van der Waals surface area contributed by atoms with Crippen LogP contribution in [0.15, 0.2) is 48.7 Å². The van der Waals surface area contributed by atoms with Gasteiger partial charge in [-0.25, -0.2) is 4.79 Å². The highest BCUT2D eigenvalue weighted by molar-refractivity contribution is 6.30. The van der Waals surface area contributed by atoms with Crippen LogP contribution in [0.25, 0.3) is 10.9 Å². The average Bonchev–Trinajstić information content (AvgIpc) is 2.63. The Morgan fingerprint density at radius 2 is 1.96 bits per heavy atom. The summed E-state index contributed by atoms with van der Waals surface area (Å²) in [5, 5.41) is 4.68. The van der Waals surface area contributed by atoms with Crippen LogP contribution in [0.2, 0.25) is 5.02 Å². The normalized spacial score (nSPS) is 10.5. The number of rotatable bonds is 5. The number of carbonyl (C=O) groups excluding carboxylic acids is 1. The van der Waals surface area contributed by atoms with Crippen molar-refractivity contribution >= 4 is 39.8 Å². The third-order valence-corrected chi connectivity index (χ3v) is 3.94. The summed E-state index contributed by atoms with van der Waals surface area (Å²) in [6.07, 6.45) is 1.52. The van der Waals surface area contributed by atoms with Crippen LogP contribution in [0.5, 0.6) is 5.75 Å². The maximum absolute atomic E-state index is 12.4. The van der Waals surface area contributed by atoms with Crippen LogP contribution in [-0.4, -0.2) is 24.7 Å². The van der Waals surface area contributed by atoms with E-state index >= 15 is 0 Å². The van der Waals surface area contributed by atoms with Crippen LogP contribution in [0, 0.1) is 0 Å². The minimum absolute atomic E-state index is 0.287. The van der Waals surface area contributed by atoms with Crippen LogP contribution in [0.4, 0.5) is 11.4 Å². The molecule has 3 rings (SSSR count). The molecule has 1 N–H and O–H groups in total. The van der Waals surface area contributed by atoms with Crippen molar-refractivity contribution in [3.63, 3.8) is 0 Å². The van der Waals surface area contributed by atoms with Crippen molar-refractivity contribution in [3.05, 3.63) is 59.2 Å². The number of carbonyl (C=O) groups is 1. The third-order valence-electron chi connectivity index (χ3n) is 3.68. The minimum Gasteiger partial charge on any atom is -0.497 e. The molecule has 1 aromatic heterocycles. The van der Waals surface area contributed by atoms with Gasteiger partial charge in [0.15, 0.2) is 0 Å². The molecule has 1 heterocycles. The topological polar surface area (TPSA) is 60.5 Å². The van der Waals surface area contributed by atoms with Crippen molar-refractivity contribution in [1.29, 1.82) is 0 Å². The summed E-state index contributed by atoms with van der Waals surface area (Å²) in [7, 11) is 1.59. The molecule has 0 bridgehead atoms. The van der Waals surface area contributed by atoms with E-state index in [2.05, 4.69) is 10.3 Å². The molecule has 3 aromatic rings. The van der Waals surface area contributed by atoms with E-state index in [-0.39, 0.29) is 6.61 Å². The predicted molar refractivity (Wildman–Crippen MR) is 99.0 cm³/mol. The second-order valence-corrected chi connectivity index (χ2v) is 5.72. The van der Waals surface area contributed by atoms with E-state index in [1.165, 1.54) is 6.20 Å². The maximum atomic E-state index is 12.4. The highest BCUT2D eigenvalue weighted by Gasteiger charge is 2.17. The van der Waals surface area contributed by atoms with Crippen molar-refractivity contribution in [2.24, 2.45) is 0 Å². The Morgan fingerprint density at radius 3 is 2.64 bits per heavy atom. The number of halogens is 1. The quantitative estimate of drug-likeness (QED) is 0.664. The maximum Gasteiger partial charge on any atom is 0.341 e. The number of benzene rings is 2. The lowest BCUT2D eigenvalue weighted by molar-refractivity contribution is 0.0527. The molecule has 6 heteroatoms. The van der Waals surface area contributed by atoms with Gasteiger partial charge < -0.3 is 14.8 Å². The number of fused-ring (bicyclic) bond motifs is 1. The van der Waals surface area contributed by atoms with E-state index in [0.717, 1.165) is 16.6 Å². The highest BCUT2D eigenvalue weighted by Crippen LogP contribution is 2.32. The van der Waals surface area contributed by atoms with Crippen LogP contribution in [0.1, 0.15) is 17.3 Å². The predicted octanol–water partition coefficient (Wildman–Crippen LogP) is 4.82. The monoisotopic (exact) mass is 356 g/mol. The van der Waals surface area contributed by atoms with Crippen molar-refractivity contribution in [2.75, 3.05) is 19.0 Å². The Kier molecular flexibility index (Phi) is 5.05. The van der Waals surface area contributed by atoms with Gasteiger partial charge in [-0.1, -0.05) is 11.6 Å². The Bertz CT molecular complexity index is 910. The fourth-order valence-corrected chi connectivity index (χ4v) is 2.60. The zero-order chi connectivity index (χ0) is 17.8. The number of hydrogen-bond donors (Lipinski definition) is 1. The second kappa shape index (κ2) is 7.40. The number of esters is 1. The van der Waals surface area contributed by atoms with Gasteiger partial charge in [0.1, 0.15) is 11.3 Å². The van der Waals surface area contributed by atoms with E-state index in [1.54, 1.807) is 26.2 Å². The van der Waals surface area contributed by atoms with E-state index in [0.29, 0.717) is 22.0 Å². The molecule has 0 aliphatic heterocycles. The summed E-state index contributed by atoms with van der Waals surface area (Å²) >= 11 is 5.94. The molecule has 0 unspecified atom stereocenters. The van der Waals surface area contributed by atoms with Crippen LogP contribution < -0.4 is 10.1 Å². The zero-order valence-corrected chi connectivity index (χ0v) is 14.6. The van der Waals surface area contributed by atoms with Gasteiger partial charge in [0, 0.05) is 22.3 Å². The van der Waals surface area contributed by atoms with Gasteiger partial charge in [0.2, 0.25) is 0 Å². The number of methoxy groups -OCH3 is 1. The molecule has 0 fully saturated rings. The fourth-order valence-electron chi connectivity index (χ4n) is 2.47. The molecule has 0 amide bonds. The summed E-state index contributed by atoms with van der Waals surface area (Å²) in [6, 6.07) is 12.7. The number of nitrogens with zero attached hydrogens (tertiary/aromatic N) is 1. The first kappa shape index (κ1) is 17.0. The highest BCUT2D eigenvalue weighted by atomic mass is 35.5. The first-order valence-electron chi connectivity index (χ1n) is 7.79. The Labute approximate surface area is 150 Å². The van der Waals surface area contributed by atoms with E-state index in [4.69, 9.17) is 21.1 Å². The van der Waals surface area contributed by atoms with E-state index in [9.17, 15) is 4.79 Å². The second-order valence-electron chi connectivity index (χ2n) is 5.28. The molecule has 0 aliphatic carbocycles. The van der Waals surface area contributed by atoms with Gasteiger partial charge in [-0.05, 0) is 49.4 Å². The molecule has 0 saturated heterocycles. The molecule has 0 radical (unpaired) electrons. The number of aromatic nitrogens is 1. The van der Waals surface area contributed by atoms with Gasteiger partial charge in [-0.15, -0.1) is 0 Å². The first-order valence-corrected chi connectivity index (χ1v) is 8.16. The van der Waals surface area contributed by atoms with Crippen molar-refractivity contribution in [2.45, 2.75) is 6.92 Å². The molecular formula is C19H17ClN2O3. The molecule has 5 nitrogen and oxygen atoms in total. The van der Waals surface area contributed by atoms with Crippen molar-refractivity contribution < 1.29 is 14.3 Å². The fraction of sp³-hybridized carbons (Fsp3) is 0.158. The van der Waals surface area contributed by atoms with Crippen LogP contribution in [-0.2, 0) is 4.74 Å². The number of hydrogen-bond acceptors (Lipinski definition) is 5. The number of anilines is 2. The lowest BCUT2D eigenvalue weighted by Gasteiger charge is -2.15. The van der Waals surface area contributed by atoms with Crippen molar-refractivity contribution in [1.82, 2.24) is 4.98 Å². The number of nitrogens with one attached hydrogen (secondary N) is 1. The average molecular weight is 357 g/mol. The minimum atomic E-state index is -0.434. The lowest BCUT2D eigenvalue weighted by Crippen LogP contribution is -2.09. The molecule has 25 heavy (non-hydrogen) atoms.